The van der Waals surface area contributed by atoms with E-state index < -0.39 is 0 Å². The summed E-state index contributed by atoms with van der Waals surface area (Å²) in [5.41, 5.74) is 0.601. The normalized spacial score (nSPS) is 21.5. The van der Waals surface area contributed by atoms with Gasteiger partial charge in [0, 0.05) is 5.92 Å². The summed E-state index contributed by atoms with van der Waals surface area (Å²) in [4.78, 5) is 0. The van der Waals surface area contributed by atoms with Crippen LogP contribution < -0.4 is 0 Å². The van der Waals surface area contributed by atoms with Gasteiger partial charge in [-0.3, -0.25) is 0 Å². The van der Waals surface area contributed by atoms with Crippen molar-refractivity contribution < 1.29 is 8.81 Å². The fourth-order valence-corrected chi connectivity index (χ4v) is 2.01. The van der Waals surface area contributed by atoms with Gasteiger partial charge in [-0.25, -0.2) is 4.39 Å². The first-order chi connectivity index (χ1) is 8.08. The van der Waals surface area contributed by atoms with Crippen LogP contribution in [-0.2, 0) is 0 Å². The summed E-state index contributed by atoms with van der Waals surface area (Å²) in [6.45, 7) is 4.31. The Kier molecular flexibility index (Phi) is 2.08. The zero-order chi connectivity index (χ0) is 12.0. The number of aromatic nitrogens is 2. The molecule has 0 radical (unpaired) electrons. The van der Waals surface area contributed by atoms with Crippen LogP contribution >= 0.6 is 0 Å². The van der Waals surface area contributed by atoms with E-state index in [0.29, 0.717) is 17.4 Å². The van der Waals surface area contributed by atoms with Gasteiger partial charge in [-0.1, -0.05) is 26.0 Å². The van der Waals surface area contributed by atoms with Crippen LogP contribution in [0.4, 0.5) is 4.39 Å². The molecule has 1 aliphatic carbocycles. The SMILES string of the molecule is CC1(C)C[C@@H]1c1nnc(-c2ccccc2F)o1. The maximum absolute atomic E-state index is 13.5. The highest BCUT2D eigenvalue weighted by Crippen LogP contribution is 2.58. The minimum atomic E-state index is -0.335. The number of hydrogen-bond donors (Lipinski definition) is 0. The Bertz CT molecular complexity index is 562. The highest BCUT2D eigenvalue weighted by Gasteiger charge is 2.50. The van der Waals surface area contributed by atoms with E-state index in [-0.39, 0.29) is 17.1 Å². The lowest BCUT2D eigenvalue weighted by Crippen LogP contribution is -1.89. The van der Waals surface area contributed by atoms with Gasteiger partial charge in [-0.15, -0.1) is 10.2 Å². The van der Waals surface area contributed by atoms with Crippen LogP contribution in [0.3, 0.4) is 0 Å². The molecule has 0 N–H and O–H groups in total. The molecule has 0 unspecified atom stereocenters. The van der Waals surface area contributed by atoms with Gasteiger partial charge in [0.15, 0.2) is 0 Å². The van der Waals surface area contributed by atoms with Gasteiger partial charge in [0.1, 0.15) is 5.82 Å². The molecule has 0 saturated heterocycles. The Morgan fingerprint density at radius 3 is 2.65 bits per heavy atom. The van der Waals surface area contributed by atoms with Gasteiger partial charge in [-0.2, -0.15) is 0 Å². The largest absolute Gasteiger partial charge is 0.420 e. The quantitative estimate of drug-likeness (QED) is 0.796. The molecule has 1 aromatic carbocycles. The van der Waals surface area contributed by atoms with Gasteiger partial charge in [0.2, 0.25) is 5.89 Å². The number of rotatable bonds is 2. The third-order valence-corrected chi connectivity index (χ3v) is 3.36. The van der Waals surface area contributed by atoms with Gasteiger partial charge < -0.3 is 4.42 Å². The summed E-state index contributed by atoms with van der Waals surface area (Å²) in [6.07, 6.45) is 1.05. The Hall–Kier alpha value is -1.71. The van der Waals surface area contributed by atoms with Crippen molar-refractivity contribution in [3.63, 3.8) is 0 Å². The molecule has 0 spiro atoms. The highest BCUT2D eigenvalue weighted by molar-refractivity contribution is 5.53. The molecule has 4 heteroatoms. The summed E-state index contributed by atoms with van der Waals surface area (Å²) >= 11 is 0. The lowest BCUT2D eigenvalue weighted by atomic mass is 10.1. The van der Waals surface area contributed by atoms with E-state index in [1.165, 1.54) is 6.07 Å². The lowest BCUT2D eigenvalue weighted by Gasteiger charge is -1.97. The molecule has 88 valence electrons. The molecule has 17 heavy (non-hydrogen) atoms. The van der Waals surface area contributed by atoms with E-state index in [4.69, 9.17) is 4.42 Å². The van der Waals surface area contributed by atoms with E-state index in [0.717, 1.165) is 6.42 Å². The van der Waals surface area contributed by atoms with Crippen LogP contribution in [0.2, 0.25) is 0 Å². The molecule has 3 nitrogen and oxygen atoms in total. The van der Waals surface area contributed by atoms with Gasteiger partial charge in [0.05, 0.1) is 5.56 Å². The van der Waals surface area contributed by atoms with Crippen LogP contribution in [0, 0.1) is 11.2 Å². The third kappa shape index (κ3) is 1.73. The smallest absolute Gasteiger partial charge is 0.250 e. The second-order valence-corrected chi connectivity index (χ2v) is 5.17. The molecule has 1 aromatic heterocycles. The zero-order valence-electron chi connectivity index (χ0n) is 9.77. The molecule has 0 bridgehead atoms. The highest BCUT2D eigenvalue weighted by atomic mass is 19.1. The molecule has 0 amide bonds. The van der Waals surface area contributed by atoms with E-state index in [1.54, 1.807) is 18.2 Å². The molecule has 1 atom stereocenters. The van der Waals surface area contributed by atoms with E-state index in [1.807, 2.05) is 0 Å². The first kappa shape index (κ1) is 10.4. The Morgan fingerprint density at radius 2 is 2.00 bits per heavy atom. The van der Waals surface area contributed by atoms with Crippen molar-refractivity contribution in [2.75, 3.05) is 0 Å². The predicted octanol–water partition coefficient (Wildman–Crippen LogP) is 3.39. The maximum Gasteiger partial charge on any atom is 0.250 e. The van der Waals surface area contributed by atoms with Crippen molar-refractivity contribution in [3.8, 4) is 11.5 Å². The molecule has 1 fully saturated rings. The number of nitrogens with zero attached hydrogens (tertiary/aromatic N) is 2. The van der Waals surface area contributed by atoms with Crippen molar-refractivity contribution >= 4 is 0 Å². The minimum absolute atomic E-state index is 0.235. The van der Waals surface area contributed by atoms with Gasteiger partial charge in [0.25, 0.3) is 5.89 Å². The maximum atomic E-state index is 13.5. The molecule has 1 heterocycles. The summed E-state index contributed by atoms with van der Waals surface area (Å²) in [5.74, 6) is 0.863. The standard InChI is InChI=1S/C13H13FN2O/c1-13(2)7-9(13)12-16-15-11(17-12)8-5-3-4-6-10(8)14/h3-6,9H,7H2,1-2H3/t9-/m1/s1. The van der Waals surface area contributed by atoms with Crippen molar-refractivity contribution in [2.45, 2.75) is 26.2 Å². The molecule has 0 aliphatic heterocycles. The fourth-order valence-electron chi connectivity index (χ4n) is 2.01. The van der Waals surface area contributed by atoms with Crippen LogP contribution in [0.5, 0.6) is 0 Å². The average Bonchev–Trinajstić information content (AvgIpc) is 2.76. The number of hydrogen-bond acceptors (Lipinski definition) is 3. The van der Waals surface area contributed by atoms with Crippen LogP contribution in [-0.4, -0.2) is 10.2 Å². The molecule has 1 saturated carbocycles. The molecule has 2 aromatic rings. The fraction of sp³-hybridized carbons (Fsp3) is 0.385. The number of benzene rings is 1. The monoisotopic (exact) mass is 232 g/mol. The van der Waals surface area contributed by atoms with Crippen molar-refractivity contribution in [2.24, 2.45) is 5.41 Å². The molecule has 3 rings (SSSR count). The first-order valence-corrected chi connectivity index (χ1v) is 5.66. The van der Waals surface area contributed by atoms with Crippen LogP contribution in [0.15, 0.2) is 28.7 Å². The van der Waals surface area contributed by atoms with E-state index in [9.17, 15) is 4.39 Å². The van der Waals surface area contributed by atoms with Crippen molar-refractivity contribution in [1.82, 2.24) is 10.2 Å². The predicted molar refractivity (Wildman–Crippen MR) is 60.8 cm³/mol. The van der Waals surface area contributed by atoms with Crippen molar-refractivity contribution in [1.29, 1.82) is 0 Å². The minimum Gasteiger partial charge on any atom is -0.420 e. The van der Waals surface area contributed by atoms with Gasteiger partial charge >= 0.3 is 0 Å². The Balaban J connectivity index is 1.94. The summed E-state index contributed by atoms with van der Waals surface area (Å²) in [5, 5.41) is 7.93. The van der Waals surface area contributed by atoms with Crippen LogP contribution in [0.25, 0.3) is 11.5 Å². The zero-order valence-corrected chi connectivity index (χ0v) is 9.77. The van der Waals surface area contributed by atoms with Gasteiger partial charge in [-0.05, 0) is 24.0 Å². The van der Waals surface area contributed by atoms with E-state index >= 15 is 0 Å². The number of halogens is 1. The van der Waals surface area contributed by atoms with E-state index in [2.05, 4.69) is 24.0 Å². The molecular weight excluding hydrogens is 219 g/mol. The molecule has 1 aliphatic rings. The second-order valence-electron chi connectivity index (χ2n) is 5.17. The van der Waals surface area contributed by atoms with Crippen LogP contribution in [0.1, 0.15) is 32.1 Å². The second kappa shape index (κ2) is 3.39. The first-order valence-electron chi connectivity index (χ1n) is 5.66. The van der Waals surface area contributed by atoms with Crippen molar-refractivity contribution in [3.05, 3.63) is 36.0 Å². The molecular formula is C13H13FN2O. The summed E-state index contributed by atoms with van der Waals surface area (Å²) in [6, 6.07) is 6.42. The summed E-state index contributed by atoms with van der Waals surface area (Å²) in [7, 11) is 0. The average molecular weight is 232 g/mol. The topological polar surface area (TPSA) is 38.9 Å². The summed E-state index contributed by atoms with van der Waals surface area (Å²) < 4.78 is 19.1. The third-order valence-electron chi connectivity index (χ3n) is 3.36. The Morgan fingerprint density at radius 1 is 1.29 bits per heavy atom. The lowest BCUT2D eigenvalue weighted by molar-refractivity contribution is 0.474. The Labute approximate surface area is 98.7 Å².